The quantitative estimate of drug-likeness (QED) is 0.367. The molecule has 1 aliphatic rings. The van der Waals surface area contributed by atoms with Gasteiger partial charge in [0.15, 0.2) is 29.1 Å². The molecule has 0 radical (unpaired) electrons. The van der Waals surface area contributed by atoms with Gasteiger partial charge in [0.25, 0.3) is 11.8 Å². The van der Waals surface area contributed by atoms with Crippen molar-refractivity contribution in [2.24, 2.45) is 0 Å². The first kappa shape index (κ1) is 21.9. The van der Waals surface area contributed by atoms with Crippen LogP contribution in [-0.4, -0.2) is 44.9 Å². The smallest absolute Gasteiger partial charge is 0.291 e. The minimum absolute atomic E-state index is 0.00494. The van der Waals surface area contributed by atoms with Crippen molar-refractivity contribution in [3.8, 4) is 11.3 Å². The van der Waals surface area contributed by atoms with Gasteiger partial charge in [-0.1, -0.05) is 0 Å². The number of pyridine rings is 1. The Morgan fingerprint density at radius 1 is 1.00 bits per heavy atom. The van der Waals surface area contributed by atoms with Crippen LogP contribution in [0.2, 0.25) is 0 Å². The second-order valence-corrected chi connectivity index (χ2v) is 7.99. The lowest BCUT2D eigenvalue weighted by atomic mass is 10.1. The van der Waals surface area contributed by atoms with Crippen molar-refractivity contribution >= 4 is 28.3 Å². The SMILES string of the molecule is O=C(Nc1c[nH]c2cc(F)c(F)cc12)c1ncc(-c2cnc(N3CCC(F)(F)CC3)c(F)c2)[nH]1. The van der Waals surface area contributed by atoms with E-state index in [0.29, 0.717) is 16.8 Å². The fourth-order valence-electron chi connectivity index (χ4n) is 3.84. The van der Waals surface area contributed by atoms with Gasteiger partial charge in [-0.05, 0) is 12.1 Å². The zero-order chi connectivity index (χ0) is 24.0. The molecule has 0 aliphatic carbocycles. The number of carbonyl (C=O) groups is 1. The number of piperidine rings is 1. The summed E-state index contributed by atoms with van der Waals surface area (Å²) >= 11 is 0. The number of hydrogen-bond donors (Lipinski definition) is 3. The molecule has 0 unspecified atom stereocenters. The normalized spacial score (nSPS) is 15.6. The molecular formula is C22H17F5N6O. The molecule has 0 saturated carbocycles. The highest BCUT2D eigenvalue weighted by molar-refractivity contribution is 6.07. The molecular weight excluding hydrogens is 459 g/mol. The molecule has 1 amide bonds. The van der Waals surface area contributed by atoms with E-state index >= 15 is 0 Å². The molecule has 4 aromatic rings. The van der Waals surface area contributed by atoms with Crippen molar-refractivity contribution in [1.82, 2.24) is 19.9 Å². The number of imidazole rings is 1. The van der Waals surface area contributed by atoms with Crippen molar-refractivity contribution in [3.63, 3.8) is 0 Å². The average Bonchev–Trinajstić information content (AvgIpc) is 3.43. The Hall–Kier alpha value is -3.96. The summed E-state index contributed by atoms with van der Waals surface area (Å²) in [5.41, 5.74) is 1.13. The Balaban J connectivity index is 1.32. The monoisotopic (exact) mass is 476 g/mol. The Morgan fingerprint density at radius 2 is 1.74 bits per heavy atom. The molecule has 1 aromatic carbocycles. The molecule has 3 N–H and O–H groups in total. The number of nitrogens with one attached hydrogen (secondary N) is 3. The topological polar surface area (TPSA) is 89.7 Å². The molecule has 176 valence electrons. The van der Waals surface area contributed by atoms with Gasteiger partial charge in [-0.25, -0.2) is 31.9 Å². The highest BCUT2D eigenvalue weighted by Crippen LogP contribution is 2.32. The largest absolute Gasteiger partial charge is 0.359 e. The molecule has 0 bridgehead atoms. The standard InChI is InChI=1S/C22H17F5N6O/c23-13-6-12-16(7-14(13)24)28-10-18(12)32-21(34)19-29-9-17(31-19)11-5-15(25)20(30-8-11)33-3-1-22(26,27)2-4-33/h5-10,28H,1-4H2,(H,29,31)(H,32,34). The molecule has 0 spiro atoms. The molecule has 12 heteroatoms. The molecule has 34 heavy (non-hydrogen) atoms. The number of rotatable bonds is 4. The lowest BCUT2D eigenvalue weighted by Gasteiger charge is -2.32. The van der Waals surface area contributed by atoms with Gasteiger partial charge in [-0.2, -0.15) is 0 Å². The van der Waals surface area contributed by atoms with Gasteiger partial charge in [0.2, 0.25) is 0 Å². The maximum absolute atomic E-state index is 14.7. The van der Waals surface area contributed by atoms with Gasteiger partial charge in [0.1, 0.15) is 0 Å². The number of anilines is 2. The predicted octanol–water partition coefficient (Wildman–Crippen LogP) is 4.86. The van der Waals surface area contributed by atoms with Crippen molar-refractivity contribution in [1.29, 1.82) is 0 Å². The zero-order valence-electron chi connectivity index (χ0n) is 17.4. The van der Waals surface area contributed by atoms with E-state index in [9.17, 15) is 26.7 Å². The molecule has 1 aliphatic heterocycles. The van der Waals surface area contributed by atoms with Crippen LogP contribution in [0.3, 0.4) is 0 Å². The Morgan fingerprint density at radius 3 is 2.47 bits per heavy atom. The second-order valence-electron chi connectivity index (χ2n) is 7.99. The summed E-state index contributed by atoms with van der Waals surface area (Å²) < 4.78 is 68.3. The fraction of sp³-hybridized carbons (Fsp3) is 0.227. The minimum atomic E-state index is -2.75. The number of fused-ring (bicyclic) bond motifs is 1. The summed E-state index contributed by atoms with van der Waals surface area (Å²) in [6.07, 6.45) is 3.33. The van der Waals surface area contributed by atoms with Gasteiger partial charge >= 0.3 is 0 Å². The van der Waals surface area contributed by atoms with Crippen molar-refractivity contribution in [2.75, 3.05) is 23.3 Å². The molecule has 5 rings (SSSR count). The summed E-state index contributed by atoms with van der Waals surface area (Å²) in [6.45, 7) is -0.00988. The van der Waals surface area contributed by atoms with Gasteiger partial charge in [0, 0.05) is 55.3 Å². The third-order valence-electron chi connectivity index (χ3n) is 5.69. The molecule has 7 nitrogen and oxygen atoms in total. The molecule has 0 atom stereocenters. The van der Waals surface area contributed by atoms with Crippen LogP contribution in [0.1, 0.15) is 23.5 Å². The number of aromatic amines is 2. The van der Waals surface area contributed by atoms with Crippen LogP contribution in [0.4, 0.5) is 33.5 Å². The van der Waals surface area contributed by atoms with Crippen LogP contribution in [0.15, 0.2) is 36.8 Å². The Labute approximate surface area is 189 Å². The first-order valence-corrected chi connectivity index (χ1v) is 10.3. The summed E-state index contributed by atoms with van der Waals surface area (Å²) in [5.74, 6) is -6.29. The number of alkyl halides is 2. The number of H-pyrrole nitrogens is 2. The van der Waals surface area contributed by atoms with Gasteiger partial charge < -0.3 is 20.2 Å². The highest BCUT2D eigenvalue weighted by Gasteiger charge is 2.35. The predicted molar refractivity (Wildman–Crippen MR) is 114 cm³/mol. The summed E-state index contributed by atoms with van der Waals surface area (Å²) in [6, 6.07) is 3.12. The number of aromatic nitrogens is 4. The van der Waals surface area contributed by atoms with E-state index in [1.54, 1.807) is 0 Å². The van der Waals surface area contributed by atoms with Crippen LogP contribution in [0.5, 0.6) is 0 Å². The average molecular weight is 476 g/mol. The number of nitrogens with zero attached hydrogens (tertiary/aromatic N) is 3. The maximum atomic E-state index is 14.7. The summed E-state index contributed by atoms with van der Waals surface area (Å²) in [5, 5.41) is 2.83. The molecule has 3 aromatic heterocycles. The van der Waals surface area contributed by atoms with E-state index in [1.165, 1.54) is 29.6 Å². The van der Waals surface area contributed by atoms with Crippen molar-refractivity contribution in [2.45, 2.75) is 18.8 Å². The van der Waals surface area contributed by atoms with E-state index in [2.05, 4.69) is 25.3 Å². The van der Waals surface area contributed by atoms with Crippen LogP contribution in [0.25, 0.3) is 22.2 Å². The Kier molecular flexibility index (Phi) is 5.22. The minimum Gasteiger partial charge on any atom is -0.359 e. The van der Waals surface area contributed by atoms with Gasteiger partial charge in [-0.3, -0.25) is 4.79 Å². The highest BCUT2D eigenvalue weighted by atomic mass is 19.3. The fourth-order valence-corrected chi connectivity index (χ4v) is 3.84. The summed E-state index contributed by atoms with van der Waals surface area (Å²) in [4.78, 5) is 27.6. The molecule has 1 fully saturated rings. The zero-order valence-corrected chi connectivity index (χ0v) is 17.4. The third-order valence-corrected chi connectivity index (χ3v) is 5.69. The van der Waals surface area contributed by atoms with Crippen molar-refractivity contribution < 1.29 is 26.7 Å². The van der Waals surface area contributed by atoms with Crippen LogP contribution >= 0.6 is 0 Å². The van der Waals surface area contributed by atoms with Crippen LogP contribution in [-0.2, 0) is 0 Å². The first-order valence-electron chi connectivity index (χ1n) is 10.3. The van der Waals surface area contributed by atoms with E-state index in [0.717, 1.165) is 12.1 Å². The lowest BCUT2D eigenvalue weighted by molar-refractivity contribution is -0.0222. The van der Waals surface area contributed by atoms with Crippen molar-refractivity contribution in [3.05, 3.63) is 60.1 Å². The number of hydrogen-bond acceptors (Lipinski definition) is 4. The van der Waals surface area contributed by atoms with E-state index < -0.39 is 29.3 Å². The first-order chi connectivity index (χ1) is 16.2. The summed E-state index contributed by atoms with van der Waals surface area (Å²) in [7, 11) is 0. The van der Waals surface area contributed by atoms with Gasteiger partial charge in [-0.15, -0.1) is 0 Å². The third kappa shape index (κ3) is 4.06. The van der Waals surface area contributed by atoms with Crippen LogP contribution in [0, 0.1) is 17.5 Å². The molecule has 1 saturated heterocycles. The Bertz CT molecular complexity index is 1390. The van der Waals surface area contributed by atoms with E-state index in [4.69, 9.17) is 0 Å². The van der Waals surface area contributed by atoms with Gasteiger partial charge in [0.05, 0.1) is 23.1 Å². The number of benzene rings is 1. The second kappa shape index (κ2) is 8.12. The number of carbonyl (C=O) groups excluding carboxylic acids is 1. The van der Waals surface area contributed by atoms with Crippen LogP contribution < -0.4 is 10.2 Å². The molecule has 4 heterocycles. The van der Waals surface area contributed by atoms with E-state index in [1.807, 2.05) is 0 Å². The number of amides is 1. The lowest BCUT2D eigenvalue weighted by Crippen LogP contribution is -2.40. The van der Waals surface area contributed by atoms with E-state index in [-0.39, 0.29) is 48.6 Å². The maximum Gasteiger partial charge on any atom is 0.291 e. The number of halogens is 5.